The van der Waals surface area contributed by atoms with Gasteiger partial charge in [-0.1, -0.05) is 38.8 Å². The number of halogens is 1. The monoisotopic (exact) mass is 341 g/mol. The second-order valence-electron chi connectivity index (χ2n) is 5.18. The number of anilines is 1. The molecular formula is C16H24BrNO2. The maximum absolute atomic E-state index is 12.3. The van der Waals surface area contributed by atoms with Crippen LogP contribution in [0.2, 0.25) is 0 Å². The maximum Gasteiger partial charge on any atom is 0.313 e. The summed E-state index contributed by atoms with van der Waals surface area (Å²) in [6.07, 6.45) is 2.99. The third kappa shape index (κ3) is 4.51. The number of carbonyl (C=O) groups is 1. The van der Waals surface area contributed by atoms with Crippen molar-refractivity contribution in [2.24, 2.45) is 5.92 Å². The first-order chi connectivity index (χ1) is 9.51. The van der Waals surface area contributed by atoms with Gasteiger partial charge in [0.1, 0.15) is 0 Å². The Balaban J connectivity index is 3.03. The molecule has 0 aliphatic rings. The number of hydrogen-bond donors (Lipinski definition) is 1. The van der Waals surface area contributed by atoms with E-state index in [-0.39, 0.29) is 11.9 Å². The summed E-state index contributed by atoms with van der Waals surface area (Å²) in [4.78, 5) is 12.3. The molecule has 4 heteroatoms. The molecule has 0 aromatic heterocycles. The molecule has 3 nitrogen and oxygen atoms in total. The lowest BCUT2D eigenvalue weighted by atomic mass is 9.87. The fraction of sp³-hybridized carbons (Fsp3) is 0.562. The van der Waals surface area contributed by atoms with Crippen LogP contribution in [0.1, 0.15) is 51.5 Å². The van der Waals surface area contributed by atoms with Crippen LogP contribution in [-0.2, 0) is 9.53 Å². The quantitative estimate of drug-likeness (QED) is 0.586. The van der Waals surface area contributed by atoms with Crippen LogP contribution in [0.4, 0.5) is 5.69 Å². The van der Waals surface area contributed by atoms with Crippen molar-refractivity contribution in [3.8, 4) is 0 Å². The highest BCUT2D eigenvalue weighted by Crippen LogP contribution is 2.34. The topological polar surface area (TPSA) is 52.3 Å². The zero-order valence-electron chi connectivity index (χ0n) is 12.5. The van der Waals surface area contributed by atoms with Crippen molar-refractivity contribution in [1.82, 2.24) is 0 Å². The van der Waals surface area contributed by atoms with Gasteiger partial charge in [0.2, 0.25) is 0 Å². The standard InChI is InChI=1S/C16H24BrNO2/c1-4-7-11(3)10-13(16(19)20-5-2)12-8-6-9-14(17)15(12)18/h6,8-9,11,13H,4-5,7,10,18H2,1-3H3. The van der Waals surface area contributed by atoms with E-state index in [0.29, 0.717) is 18.2 Å². The minimum Gasteiger partial charge on any atom is -0.466 e. The van der Waals surface area contributed by atoms with Gasteiger partial charge in [0.25, 0.3) is 0 Å². The normalized spacial score (nSPS) is 13.8. The number of nitrogen functional groups attached to an aromatic ring is 1. The second kappa shape index (κ2) is 8.30. The SMILES string of the molecule is CCCC(C)CC(C(=O)OCC)c1cccc(Br)c1N. The van der Waals surface area contributed by atoms with Crippen molar-refractivity contribution in [3.63, 3.8) is 0 Å². The van der Waals surface area contributed by atoms with E-state index in [4.69, 9.17) is 10.5 Å². The molecule has 2 atom stereocenters. The van der Waals surface area contributed by atoms with Crippen LogP contribution in [0, 0.1) is 5.92 Å². The van der Waals surface area contributed by atoms with Gasteiger partial charge in [-0.15, -0.1) is 0 Å². The van der Waals surface area contributed by atoms with E-state index < -0.39 is 0 Å². The highest BCUT2D eigenvalue weighted by molar-refractivity contribution is 9.10. The summed E-state index contributed by atoms with van der Waals surface area (Å²) in [5, 5.41) is 0. The van der Waals surface area contributed by atoms with Crippen LogP contribution in [0.15, 0.2) is 22.7 Å². The Morgan fingerprint density at radius 3 is 2.70 bits per heavy atom. The molecule has 1 aromatic carbocycles. The van der Waals surface area contributed by atoms with Gasteiger partial charge in [0.15, 0.2) is 0 Å². The summed E-state index contributed by atoms with van der Waals surface area (Å²) in [6.45, 7) is 6.55. The molecule has 20 heavy (non-hydrogen) atoms. The molecule has 0 fully saturated rings. The number of carbonyl (C=O) groups excluding carboxylic acids is 1. The van der Waals surface area contributed by atoms with Gasteiger partial charge in [-0.25, -0.2) is 0 Å². The minimum absolute atomic E-state index is 0.180. The zero-order chi connectivity index (χ0) is 15.1. The summed E-state index contributed by atoms with van der Waals surface area (Å²) in [7, 11) is 0. The molecule has 0 bridgehead atoms. The predicted molar refractivity (Wildman–Crippen MR) is 86.6 cm³/mol. The zero-order valence-corrected chi connectivity index (χ0v) is 14.1. The molecule has 2 N–H and O–H groups in total. The lowest BCUT2D eigenvalue weighted by Crippen LogP contribution is -2.20. The molecule has 0 saturated carbocycles. The Kier molecular flexibility index (Phi) is 7.06. The first-order valence-corrected chi connectivity index (χ1v) is 8.01. The molecule has 0 radical (unpaired) electrons. The number of nitrogens with two attached hydrogens (primary N) is 1. The summed E-state index contributed by atoms with van der Waals surface area (Å²) >= 11 is 3.42. The van der Waals surface area contributed by atoms with Crippen LogP contribution < -0.4 is 5.73 Å². The molecule has 1 rings (SSSR count). The van der Waals surface area contributed by atoms with Crippen molar-refractivity contribution in [3.05, 3.63) is 28.2 Å². The highest BCUT2D eigenvalue weighted by atomic mass is 79.9. The Bertz CT molecular complexity index is 448. The van der Waals surface area contributed by atoms with Crippen LogP contribution in [-0.4, -0.2) is 12.6 Å². The van der Waals surface area contributed by atoms with E-state index in [1.54, 1.807) is 0 Å². The number of rotatable bonds is 7. The molecule has 0 aliphatic carbocycles. The lowest BCUT2D eigenvalue weighted by molar-refractivity contribution is -0.145. The van der Waals surface area contributed by atoms with Crippen molar-refractivity contribution >= 4 is 27.6 Å². The predicted octanol–water partition coefficient (Wildman–Crippen LogP) is 4.50. The van der Waals surface area contributed by atoms with Crippen LogP contribution in [0.3, 0.4) is 0 Å². The highest BCUT2D eigenvalue weighted by Gasteiger charge is 2.26. The van der Waals surface area contributed by atoms with Crippen molar-refractivity contribution in [2.75, 3.05) is 12.3 Å². The summed E-state index contributed by atoms with van der Waals surface area (Å²) in [5.41, 5.74) is 7.61. The Morgan fingerprint density at radius 1 is 1.40 bits per heavy atom. The molecule has 1 aromatic rings. The fourth-order valence-corrected chi connectivity index (χ4v) is 2.85. The third-order valence-electron chi connectivity index (χ3n) is 3.45. The number of hydrogen-bond acceptors (Lipinski definition) is 3. The van der Waals surface area contributed by atoms with E-state index in [1.165, 1.54) is 0 Å². The second-order valence-corrected chi connectivity index (χ2v) is 6.03. The van der Waals surface area contributed by atoms with Gasteiger partial charge in [0, 0.05) is 10.2 Å². The molecule has 2 unspecified atom stereocenters. The first kappa shape index (κ1) is 17.0. The van der Waals surface area contributed by atoms with Gasteiger partial charge < -0.3 is 10.5 Å². The number of ether oxygens (including phenoxy) is 1. The van der Waals surface area contributed by atoms with Crippen LogP contribution >= 0.6 is 15.9 Å². The fourth-order valence-electron chi connectivity index (χ4n) is 2.46. The average molecular weight is 342 g/mol. The van der Waals surface area contributed by atoms with Crippen LogP contribution in [0.25, 0.3) is 0 Å². The summed E-state index contributed by atoms with van der Waals surface area (Å²) in [6, 6.07) is 5.71. The third-order valence-corrected chi connectivity index (χ3v) is 4.14. The lowest BCUT2D eigenvalue weighted by Gasteiger charge is -2.21. The van der Waals surface area contributed by atoms with Gasteiger partial charge >= 0.3 is 5.97 Å². The van der Waals surface area contributed by atoms with Crippen LogP contribution in [0.5, 0.6) is 0 Å². The van der Waals surface area contributed by atoms with Gasteiger partial charge in [-0.3, -0.25) is 4.79 Å². The first-order valence-electron chi connectivity index (χ1n) is 7.21. The molecular weight excluding hydrogens is 318 g/mol. The summed E-state index contributed by atoms with van der Waals surface area (Å²) in [5.74, 6) is 0.00189. The van der Waals surface area contributed by atoms with E-state index in [9.17, 15) is 4.79 Å². The maximum atomic E-state index is 12.3. The minimum atomic E-state index is -0.283. The van der Waals surface area contributed by atoms with E-state index >= 15 is 0 Å². The Morgan fingerprint density at radius 2 is 2.10 bits per heavy atom. The average Bonchev–Trinajstić information content (AvgIpc) is 2.40. The molecule has 0 heterocycles. The van der Waals surface area contributed by atoms with E-state index in [2.05, 4.69) is 29.8 Å². The Hall–Kier alpha value is -1.03. The largest absolute Gasteiger partial charge is 0.466 e. The molecule has 112 valence electrons. The smallest absolute Gasteiger partial charge is 0.313 e. The van der Waals surface area contributed by atoms with Gasteiger partial charge in [-0.2, -0.15) is 0 Å². The number of para-hydroxylation sites is 1. The Labute approximate surface area is 130 Å². The molecule has 0 saturated heterocycles. The summed E-state index contributed by atoms with van der Waals surface area (Å²) < 4.78 is 6.05. The van der Waals surface area contributed by atoms with Crippen molar-refractivity contribution in [2.45, 2.75) is 46.0 Å². The van der Waals surface area contributed by atoms with Gasteiger partial charge in [0.05, 0.1) is 12.5 Å². The number of benzene rings is 1. The van der Waals surface area contributed by atoms with Crippen molar-refractivity contribution in [1.29, 1.82) is 0 Å². The molecule has 0 spiro atoms. The molecule has 0 aliphatic heterocycles. The van der Waals surface area contributed by atoms with Crippen molar-refractivity contribution < 1.29 is 9.53 Å². The van der Waals surface area contributed by atoms with E-state index in [0.717, 1.165) is 29.3 Å². The van der Waals surface area contributed by atoms with Gasteiger partial charge in [-0.05, 0) is 46.8 Å². The number of esters is 1. The molecule has 0 amide bonds. The van der Waals surface area contributed by atoms with E-state index in [1.807, 2.05) is 25.1 Å².